The normalized spacial score (nSPS) is 9.30. The average molecular weight is 150 g/mol. The molecular formula is C9H10S. The highest BCUT2D eigenvalue weighted by molar-refractivity contribution is 7.80. The van der Waals surface area contributed by atoms with Crippen LogP contribution in [0.1, 0.15) is 5.56 Å². The van der Waals surface area contributed by atoms with Crippen molar-refractivity contribution in [2.24, 2.45) is 0 Å². The Balaban J connectivity index is 2.85. The lowest BCUT2D eigenvalue weighted by molar-refractivity contribution is 1.59. The van der Waals surface area contributed by atoms with Gasteiger partial charge < -0.3 is 0 Å². The third-order valence-corrected chi connectivity index (χ3v) is 1.75. The van der Waals surface area contributed by atoms with E-state index in [0.717, 1.165) is 11.3 Å². The van der Waals surface area contributed by atoms with Gasteiger partial charge >= 0.3 is 0 Å². The van der Waals surface area contributed by atoms with Crippen molar-refractivity contribution in [2.75, 3.05) is 5.75 Å². The highest BCUT2D eigenvalue weighted by atomic mass is 32.1. The molecule has 0 heterocycles. The minimum absolute atomic E-state index is 0.726. The van der Waals surface area contributed by atoms with Gasteiger partial charge in [-0.1, -0.05) is 36.9 Å². The van der Waals surface area contributed by atoms with E-state index < -0.39 is 0 Å². The fraction of sp³-hybridized carbons (Fsp3) is 0.111. The molecule has 0 N–H and O–H groups in total. The minimum atomic E-state index is 0.726. The van der Waals surface area contributed by atoms with Crippen LogP contribution in [0.5, 0.6) is 0 Å². The Morgan fingerprint density at radius 3 is 2.40 bits per heavy atom. The molecule has 0 aromatic heterocycles. The van der Waals surface area contributed by atoms with Crippen LogP contribution in [0.15, 0.2) is 36.9 Å². The van der Waals surface area contributed by atoms with E-state index in [4.69, 9.17) is 0 Å². The summed E-state index contributed by atoms with van der Waals surface area (Å²) in [5.74, 6) is 0.726. The van der Waals surface area contributed by atoms with Gasteiger partial charge in [0.1, 0.15) is 0 Å². The molecule has 0 saturated heterocycles. The van der Waals surface area contributed by atoms with Gasteiger partial charge in [0.15, 0.2) is 0 Å². The molecule has 1 rings (SSSR count). The van der Waals surface area contributed by atoms with Crippen molar-refractivity contribution in [2.45, 2.75) is 0 Å². The molecule has 0 fully saturated rings. The van der Waals surface area contributed by atoms with E-state index >= 15 is 0 Å². The molecule has 0 amide bonds. The van der Waals surface area contributed by atoms with Gasteiger partial charge in [-0.05, 0) is 11.1 Å². The Kier molecular flexibility index (Phi) is 2.57. The molecule has 0 aliphatic rings. The van der Waals surface area contributed by atoms with E-state index in [1.807, 2.05) is 30.3 Å². The smallest absolute Gasteiger partial charge is 0.0154 e. The van der Waals surface area contributed by atoms with Gasteiger partial charge in [-0.2, -0.15) is 12.6 Å². The van der Waals surface area contributed by atoms with Gasteiger partial charge in [0, 0.05) is 5.75 Å². The van der Waals surface area contributed by atoms with E-state index in [-0.39, 0.29) is 0 Å². The van der Waals surface area contributed by atoms with Crippen molar-refractivity contribution in [3.8, 4) is 0 Å². The molecule has 1 heteroatoms. The van der Waals surface area contributed by atoms with Crippen LogP contribution in [-0.2, 0) is 0 Å². The Bertz CT molecular complexity index is 213. The SMILES string of the molecule is C=C(CS)c1ccccc1. The molecule has 0 radical (unpaired) electrons. The molecule has 1 aromatic carbocycles. The number of hydrogen-bond donors (Lipinski definition) is 1. The first-order valence-corrected chi connectivity index (χ1v) is 3.82. The third-order valence-electron chi connectivity index (χ3n) is 1.37. The van der Waals surface area contributed by atoms with Crippen LogP contribution in [0.25, 0.3) is 5.57 Å². The van der Waals surface area contributed by atoms with Crippen molar-refractivity contribution in [1.82, 2.24) is 0 Å². The second kappa shape index (κ2) is 3.47. The first-order chi connectivity index (χ1) is 4.84. The standard InChI is InChI=1S/C9H10S/c1-8(7-10)9-5-3-2-4-6-9/h2-6,10H,1,7H2. The quantitative estimate of drug-likeness (QED) is 0.615. The molecule has 10 heavy (non-hydrogen) atoms. The number of thiol groups is 1. The van der Waals surface area contributed by atoms with Gasteiger partial charge in [-0.3, -0.25) is 0 Å². The fourth-order valence-electron chi connectivity index (χ4n) is 0.765. The summed E-state index contributed by atoms with van der Waals surface area (Å²) in [6.45, 7) is 3.87. The topological polar surface area (TPSA) is 0 Å². The van der Waals surface area contributed by atoms with Gasteiger partial charge in [0.2, 0.25) is 0 Å². The Hall–Kier alpha value is -0.690. The Morgan fingerprint density at radius 2 is 1.90 bits per heavy atom. The Morgan fingerprint density at radius 1 is 1.30 bits per heavy atom. The summed E-state index contributed by atoms with van der Waals surface area (Å²) in [6.07, 6.45) is 0. The molecule has 0 atom stereocenters. The molecular weight excluding hydrogens is 140 g/mol. The van der Waals surface area contributed by atoms with Gasteiger partial charge in [-0.25, -0.2) is 0 Å². The van der Waals surface area contributed by atoms with Crippen LogP contribution in [0.2, 0.25) is 0 Å². The lowest BCUT2D eigenvalue weighted by atomic mass is 10.1. The summed E-state index contributed by atoms with van der Waals surface area (Å²) >= 11 is 4.13. The largest absolute Gasteiger partial charge is 0.175 e. The van der Waals surface area contributed by atoms with Gasteiger partial charge in [0.25, 0.3) is 0 Å². The van der Waals surface area contributed by atoms with Crippen molar-refractivity contribution < 1.29 is 0 Å². The molecule has 0 saturated carbocycles. The zero-order valence-corrected chi connectivity index (χ0v) is 6.64. The van der Waals surface area contributed by atoms with Crippen molar-refractivity contribution in [1.29, 1.82) is 0 Å². The second-order valence-corrected chi connectivity index (χ2v) is 2.44. The van der Waals surface area contributed by atoms with Crippen molar-refractivity contribution in [3.63, 3.8) is 0 Å². The molecule has 0 unspecified atom stereocenters. The zero-order valence-electron chi connectivity index (χ0n) is 5.75. The zero-order chi connectivity index (χ0) is 7.40. The van der Waals surface area contributed by atoms with E-state index in [2.05, 4.69) is 19.2 Å². The number of hydrogen-bond acceptors (Lipinski definition) is 1. The van der Waals surface area contributed by atoms with Crippen molar-refractivity contribution in [3.05, 3.63) is 42.5 Å². The predicted molar refractivity (Wildman–Crippen MR) is 49.3 cm³/mol. The highest BCUT2D eigenvalue weighted by Crippen LogP contribution is 2.11. The highest BCUT2D eigenvalue weighted by Gasteiger charge is 1.91. The molecule has 1 aromatic rings. The van der Waals surface area contributed by atoms with E-state index in [0.29, 0.717) is 0 Å². The van der Waals surface area contributed by atoms with E-state index in [1.165, 1.54) is 5.56 Å². The first-order valence-electron chi connectivity index (χ1n) is 3.18. The van der Waals surface area contributed by atoms with Crippen LogP contribution in [0.3, 0.4) is 0 Å². The number of benzene rings is 1. The van der Waals surface area contributed by atoms with Crippen LogP contribution < -0.4 is 0 Å². The van der Waals surface area contributed by atoms with E-state index in [9.17, 15) is 0 Å². The summed E-state index contributed by atoms with van der Waals surface area (Å²) in [5, 5.41) is 0. The molecule has 0 aliphatic heterocycles. The molecule has 0 bridgehead atoms. The fourth-order valence-corrected chi connectivity index (χ4v) is 0.948. The van der Waals surface area contributed by atoms with Gasteiger partial charge in [-0.15, -0.1) is 0 Å². The first kappa shape index (κ1) is 7.42. The molecule has 52 valence electrons. The maximum absolute atomic E-state index is 4.13. The summed E-state index contributed by atoms with van der Waals surface area (Å²) in [5.41, 5.74) is 2.25. The summed E-state index contributed by atoms with van der Waals surface area (Å²) in [4.78, 5) is 0. The van der Waals surface area contributed by atoms with Crippen LogP contribution in [0.4, 0.5) is 0 Å². The van der Waals surface area contributed by atoms with Crippen LogP contribution >= 0.6 is 12.6 Å². The molecule has 0 nitrogen and oxygen atoms in total. The predicted octanol–water partition coefficient (Wildman–Crippen LogP) is 2.63. The summed E-state index contributed by atoms with van der Waals surface area (Å²) < 4.78 is 0. The monoisotopic (exact) mass is 150 g/mol. The average Bonchev–Trinajstić information content (AvgIpc) is 2.05. The van der Waals surface area contributed by atoms with Crippen LogP contribution in [-0.4, -0.2) is 5.75 Å². The van der Waals surface area contributed by atoms with Crippen molar-refractivity contribution >= 4 is 18.2 Å². The van der Waals surface area contributed by atoms with Crippen LogP contribution in [0, 0.1) is 0 Å². The second-order valence-electron chi connectivity index (χ2n) is 2.13. The Labute approximate surface area is 67.0 Å². The van der Waals surface area contributed by atoms with Gasteiger partial charge in [0.05, 0.1) is 0 Å². The lowest BCUT2D eigenvalue weighted by Gasteiger charge is -1.99. The lowest BCUT2D eigenvalue weighted by Crippen LogP contribution is -1.81. The third kappa shape index (κ3) is 1.64. The molecule has 0 spiro atoms. The maximum atomic E-state index is 4.13. The summed E-state index contributed by atoms with van der Waals surface area (Å²) in [7, 11) is 0. The summed E-state index contributed by atoms with van der Waals surface area (Å²) in [6, 6.07) is 10.1. The number of rotatable bonds is 2. The minimum Gasteiger partial charge on any atom is -0.175 e. The van der Waals surface area contributed by atoms with E-state index in [1.54, 1.807) is 0 Å². The molecule has 0 aliphatic carbocycles. The maximum Gasteiger partial charge on any atom is 0.0154 e.